The Morgan fingerprint density at radius 2 is 2.04 bits per heavy atom. The predicted molar refractivity (Wildman–Crippen MR) is 94.0 cm³/mol. The summed E-state index contributed by atoms with van der Waals surface area (Å²) in [6.07, 6.45) is 5.49. The van der Waals surface area contributed by atoms with Gasteiger partial charge in [-0.3, -0.25) is 19.4 Å². The Hall–Kier alpha value is -2.56. The fourth-order valence-corrected chi connectivity index (χ4v) is 4.29. The van der Waals surface area contributed by atoms with Gasteiger partial charge in [-0.05, 0) is 12.0 Å². The fraction of sp³-hybridized carbons (Fsp3) is 0.529. The van der Waals surface area contributed by atoms with Crippen molar-refractivity contribution in [1.29, 1.82) is 0 Å². The number of hydrogen-bond acceptors (Lipinski definition) is 7. The molecule has 2 atom stereocenters. The maximum absolute atomic E-state index is 10.9. The minimum Gasteiger partial charge on any atom is -0.483 e. The van der Waals surface area contributed by atoms with E-state index in [0.29, 0.717) is 12.5 Å². The van der Waals surface area contributed by atoms with E-state index >= 15 is 0 Å². The van der Waals surface area contributed by atoms with Gasteiger partial charge in [0.25, 0.3) is 6.47 Å². The molecule has 0 spiro atoms. The van der Waals surface area contributed by atoms with Crippen LogP contribution in [0.15, 0.2) is 24.7 Å². The van der Waals surface area contributed by atoms with Crippen LogP contribution in [0.25, 0.3) is 5.65 Å². The number of rotatable bonds is 5. The molecule has 0 aromatic carbocycles. The van der Waals surface area contributed by atoms with Crippen molar-refractivity contribution in [3.8, 4) is 0 Å². The van der Waals surface area contributed by atoms with E-state index in [1.54, 1.807) is 10.7 Å². The number of aliphatic hydroxyl groups excluding tert-OH is 1. The topological polar surface area (TPSA) is 132 Å². The molecule has 10 nitrogen and oxygen atoms in total. The minimum atomic E-state index is -0.808. The number of aromatic nitrogens is 3. The standard InChI is InChI=1S/C16H21N5O3.CH2O2/c22-11-16-9-19(6-13(16)7-20(10-16)8-14(23)24)5-12-4-18-21-3-1-2-17-15(12)21;2-1-3/h1-4,13,22H,5-11H2,(H,23,24);1H,(H,2,3). The highest BCUT2D eigenvalue weighted by atomic mass is 16.4. The van der Waals surface area contributed by atoms with Gasteiger partial charge in [-0.2, -0.15) is 5.10 Å². The Bertz CT molecular complexity index is 812. The van der Waals surface area contributed by atoms with Gasteiger partial charge in [0.05, 0.1) is 19.3 Å². The maximum atomic E-state index is 10.9. The Labute approximate surface area is 155 Å². The number of hydrogen-bond donors (Lipinski definition) is 3. The van der Waals surface area contributed by atoms with Crippen molar-refractivity contribution in [1.82, 2.24) is 24.4 Å². The second kappa shape index (κ2) is 7.99. The summed E-state index contributed by atoms with van der Waals surface area (Å²) in [5.41, 5.74) is 1.72. The van der Waals surface area contributed by atoms with Crippen LogP contribution in [0.3, 0.4) is 0 Å². The molecule has 3 N–H and O–H groups in total. The van der Waals surface area contributed by atoms with E-state index in [0.717, 1.165) is 37.4 Å². The zero-order valence-electron chi connectivity index (χ0n) is 14.8. The SMILES string of the molecule is O=C(O)CN1CC2CN(Cc3cnn4cccnc34)CC2(CO)C1.O=CO. The number of nitrogens with zero attached hydrogens (tertiary/aromatic N) is 5. The summed E-state index contributed by atoms with van der Waals surface area (Å²) >= 11 is 0. The fourth-order valence-electron chi connectivity index (χ4n) is 4.29. The monoisotopic (exact) mass is 377 g/mol. The van der Waals surface area contributed by atoms with Crippen molar-refractivity contribution in [2.75, 3.05) is 39.3 Å². The van der Waals surface area contributed by atoms with Crippen LogP contribution in [0.2, 0.25) is 0 Å². The molecule has 27 heavy (non-hydrogen) atoms. The Morgan fingerprint density at radius 1 is 1.33 bits per heavy atom. The van der Waals surface area contributed by atoms with Crippen LogP contribution in [-0.4, -0.2) is 91.5 Å². The number of aliphatic carboxylic acids is 1. The highest BCUT2D eigenvalue weighted by molar-refractivity contribution is 5.69. The van der Waals surface area contributed by atoms with Crippen LogP contribution in [0.4, 0.5) is 0 Å². The summed E-state index contributed by atoms with van der Waals surface area (Å²) in [6.45, 7) is 3.65. The Kier molecular flexibility index (Phi) is 5.68. The summed E-state index contributed by atoms with van der Waals surface area (Å²) in [5.74, 6) is -0.506. The highest BCUT2D eigenvalue weighted by Gasteiger charge is 2.52. The van der Waals surface area contributed by atoms with E-state index in [1.807, 2.05) is 23.4 Å². The largest absolute Gasteiger partial charge is 0.483 e. The lowest BCUT2D eigenvalue weighted by Crippen LogP contribution is -2.38. The van der Waals surface area contributed by atoms with Crippen LogP contribution in [-0.2, 0) is 16.1 Å². The summed E-state index contributed by atoms with van der Waals surface area (Å²) in [7, 11) is 0. The summed E-state index contributed by atoms with van der Waals surface area (Å²) < 4.78 is 1.77. The Balaban J connectivity index is 0.000000659. The van der Waals surface area contributed by atoms with Gasteiger partial charge < -0.3 is 15.3 Å². The zero-order valence-corrected chi connectivity index (χ0v) is 14.8. The first-order valence-electron chi connectivity index (χ1n) is 8.64. The molecule has 4 rings (SSSR count). The van der Waals surface area contributed by atoms with Gasteiger partial charge in [0.1, 0.15) is 0 Å². The summed E-state index contributed by atoms with van der Waals surface area (Å²) in [4.78, 5) is 28.0. The number of carboxylic acids is 1. The molecule has 0 amide bonds. The molecule has 2 aliphatic heterocycles. The molecular weight excluding hydrogens is 354 g/mol. The van der Waals surface area contributed by atoms with Crippen LogP contribution in [0, 0.1) is 11.3 Å². The predicted octanol–water partition coefficient (Wildman–Crippen LogP) is -0.759. The molecule has 2 unspecified atom stereocenters. The van der Waals surface area contributed by atoms with Crippen molar-refractivity contribution < 1.29 is 24.9 Å². The van der Waals surface area contributed by atoms with Crippen molar-refractivity contribution in [3.63, 3.8) is 0 Å². The third-order valence-electron chi connectivity index (χ3n) is 5.32. The molecule has 2 saturated heterocycles. The lowest BCUT2D eigenvalue weighted by molar-refractivity contribution is -0.138. The maximum Gasteiger partial charge on any atom is 0.317 e. The first-order valence-corrected chi connectivity index (χ1v) is 8.64. The smallest absolute Gasteiger partial charge is 0.317 e. The van der Waals surface area contributed by atoms with Gasteiger partial charge >= 0.3 is 5.97 Å². The molecule has 0 saturated carbocycles. The number of carbonyl (C=O) groups is 2. The average molecular weight is 377 g/mol. The van der Waals surface area contributed by atoms with Crippen LogP contribution in [0.1, 0.15) is 5.56 Å². The zero-order chi connectivity index (χ0) is 19.4. The van der Waals surface area contributed by atoms with E-state index in [-0.39, 0.29) is 25.0 Å². The molecule has 0 radical (unpaired) electrons. The normalized spacial score (nSPS) is 25.1. The molecule has 2 fully saturated rings. The van der Waals surface area contributed by atoms with E-state index in [2.05, 4.69) is 15.0 Å². The molecular formula is C17H23N5O5. The molecule has 10 heteroatoms. The number of aliphatic hydroxyl groups is 1. The van der Waals surface area contributed by atoms with Crippen LogP contribution in [0.5, 0.6) is 0 Å². The van der Waals surface area contributed by atoms with Gasteiger partial charge in [-0.25, -0.2) is 9.50 Å². The van der Waals surface area contributed by atoms with Crippen molar-refractivity contribution >= 4 is 18.1 Å². The highest BCUT2D eigenvalue weighted by Crippen LogP contribution is 2.42. The minimum absolute atomic E-state index is 0.0518. The molecule has 0 aliphatic carbocycles. The molecule has 2 aliphatic rings. The van der Waals surface area contributed by atoms with Gasteiger partial charge in [0.2, 0.25) is 0 Å². The van der Waals surface area contributed by atoms with Gasteiger partial charge in [0, 0.05) is 56.1 Å². The van der Waals surface area contributed by atoms with Crippen molar-refractivity contribution in [3.05, 3.63) is 30.2 Å². The van der Waals surface area contributed by atoms with Crippen LogP contribution < -0.4 is 0 Å². The quantitative estimate of drug-likeness (QED) is 0.575. The number of likely N-dealkylation sites (tertiary alicyclic amines) is 2. The van der Waals surface area contributed by atoms with Crippen LogP contribution >= 0.6 is 0 Å². The van der Waals surface area contributed by atoms with Gasteiger partial charge in [0.15, 0.2) is 5.65 Å². The first-order chi connectivity index (χ1) is 13.0. The second-order valence-corrected chi connectivity index (χ2v) is 7.11. The lowest BCUT2D eigenvalue weighted by atomic mass is 9.82. The molecule has 2 aromatic rings. The summed E-state index contributed by atoms with van der Waals surface area (Å²) in [5, 5.41) is 30.2. The molecule has 2 aromatic heterocycles. The van der Waals surface area contributed by atoms with Crippen molar-refractivity contribution in [2.24, 2.45) is 11.3 Å². The summed E-state index contributed by atoms with van der Waals surface area (Å²) in [6, 6.07) is 1.85. The van der Waals surface area contributed by atoms with Gasteiger partial charge in [-0.1, -0.05) is 0 Å². The molecule has 4 heterocycles. The molecule has 146 valence electrons. The van der Waals surface area contributed by atoms with E-state index in [1.165, 1.54) is 0 Å². The Morgan fingerprint density at radius 3 is 2.70 bits per heavy atom. The van der Waals surface area contributed by atoms with E-state index in [4.69, 9.17) is 15.0 Å². The van der Waals surface area contributed by atoms with Crippen molar-refractivity contribution in [2.45, 2.75) is 6.54 Å². The first kappa shape index (κ1) is 19.2. The van der Waals surface area contributed by atoms with E-state index in [9.17, 15) is 9.90 Å². The third-order valence-corrected chi connectivity index (χ3v) is 5.32. The second-order valence-electron chi connectivity index (χ2n) is 7.11. The number of fused-ring (bicyclic) bond motifs is 2. The number of carboxylic acid groups (broad SMARTS) is 2. The molecule has 0 bridgehead atoms. The third kappa shape index (κ3) is 3.92. The van der Waals surface area contributed by atoms with E-state index < -0.39 is 5.97 Å². The lowest BCUT2D eigenvalue weighted by Gasteiger charge is -2.26. The average Bonchev–Trinajstić information content (AvgIpc) is 3.26. The van der Waals surface area contributed by atoms with Gasteiger partial charge in [-0.15, -0.1) is 0 Å².